The lowest BCUT2D eigenvalue weighted by molar-refractivity contribution is 0.191. The first kappa shape index (κ1) is 19.6. The molecule has 3 heterocycles. The van der Waals surface area contributed by atoms with Crippen molar-refractivity contribution in [2.24, 2.45) is 0 Å². The highest BCUT2D eigenvalue weighted by molar-refractivity contribution is 5.38. The molecule has 2 aromatic heterocycles. The number of rotatable bonds is 9. The third kappa shape index (κ3) is 5.24. The number of ether oxygens (including phenoxy) is 1. The number of likely N-dealkylation sites (tertiary alicyclic amines) is 1. The van der Waals surface area contributed by atoms with Crippen molar-refractivity contribution in [1.82, 2.24) is 19.7 Å². The predicted octanol–water partition coefficient (Wildman–Crippen LogP) is 4.84. The summed E-state index contributed by atoms with van der Waals surface area (Å²) in [5.41, 5.74) is 3.65. The predicted molar refractivity (Wildman–Crippen MR) is 115 cm³/mol. The van der Waals surface area contributed by atoms with E-state index >= 15 is 0 Å². The molecule has 3 aromatic rings. The van der Waals surface area contributed by atoms with Crippen molar-refractivity contribution in [3.05, 3.63) is 77.9 Å². The number of aromatic nitrogens is 3. The van der Waals surface area contributed by atoms with Crippen LogP contribution in [0.4, 0.5) is 0 Å². The molecule has 0 saturated carbocycles. The molecule has 5 heteroatoms. The molecule has 29 heavy (non-hydrogen) atoms. The molecule has 0 amide bonds. The van der Waals surface area contributed by atoms with Crippen LogP contribution in [-0.4, -0.2) is 32.8 Å². The van der Waals surface area contributed by atoms with E-state index in [2.05, 4.69) is 52.2 Å². The van der Waals surface area contributed by atoms with E-state index in [9.17, 15) is 0 Å². The Kier molecular flexibility index (Phi) is 6.57. The number of nitrogens with zero attached hydrogens (tertiary/aromatic N) is 4. The SMILES string of the molecule is CCCC(Oc1cc(CN2CCCC2)ccc1Cn1cccn1)c1ccncc1. The van der Waals surface area contributed by atoms with Gasteiger partial charge in [0.15, 0.2) is 0 Å². The van der Waals surface area contributed by atoms with Crippen LogP contribution in [0.25, 0.3) is 0 Å². The van der Waals surface area contributed by atoms with Crippen LogP contribution in [0.1, 0.15) is 55.4 Å². The van der Waals surface area contributed by atoms with E-state index in [-0.39, 0.29) is 6.10 Å². The molecule has 1 aromatic carbocycles. The van der Waals surface area contributed by atoms with Crippen LogP contribution in [0.15, 0.2) is 61.2 Å². The minimum Gasteiger partial charge on any atom is -0.485 e. The molecule has 0 N–H and O–H groups in total. The first-order chi connectivity index (χ1) is 14.3. The highest BCUT2D eigenvalue weighted by atomic mass is 16.5. The number of benzene rings is 1. The third-order valence-corrected chi connectivity index (χ3v) is 5.53. The minimum absolute atomic E-state index is 0.0291. The maximum atomic E-state index is 6.64. The standard InChI is InChI=1S/C24H30N4O/c1-2-6-23(21-9-12-25-13-10-21)29-24-17-20(18-27-14-3-4-15-27)7-8-22(24)19-28-16-5-11-26-28/h5,7-13,16-17,23H,2-4,6,14-15,18-19H2,1H3. The zero-order valence-electron chi connectivity index (χ0n) is 17.2. The highest BCUT2D eigenvalue weighted by Gasteiger charge is 2.17. The van der Waals surface area contributed by atoms with Gasteiger partial charge in [-0.15, -0.1) is 0 Å². The number of hydrogen-bond donors (Lipinski definition) is 0. The average molecular weight is 391 g/mol. The van der Waals surface area contributed by atoms with Gasteiger partial charge in [0, 0.05) is 36.9 Å². The van der Waals surface area contributed by atoms with E-state index in [1.54, 1.807) is 0 Å². The Balaban J connectivity index is 1.61. The van der Waals surface area contributed by atoms with Gasteiger partial charge in [-0.3, -0.25) is 14.6 Å². The molecule has 1 atom stereocenters. The summed E-state index contributed by atoms with van der Waals surface area (Å²) < 4.78 is 8.59. The van der Waals surface area contributed by atoms with Gasteiger partial charge in [0.1, 0.15) is 11.9 Å². The summed E-state index contributed by atoms with van der Waals surface area (Å²) in [6.45, 7) is 6.29. The van der Waals surface area contributed by atoms with Crippen molar-refractivity contribution in [1.29, 1.82) is 0 Å². The van der Waals surface area contributed by atoms with Crippen molar-refractivity contribution in [3.8, 4) is 5.75 Å². The molecule has 1 saturated heterocycles. The maximum Gasteiger partial charge on any atom is 0.125 e. The van der Waals surface area contributed by atoms with Crippen LogP contribution >= 0.6 is 0 Å². The zero-order valence-corrected chi connectivity index (χ0v) is 17.2. The normalized spacial score (nSPS) is 15.5. The minimum atomic E-state index is 0.0291. The lowest BCUT2D eigenvalue weighted by Crippen LogP contribution is -2.18. The van der Waals surface area contributed by atoms with Gasteiger partial charge in [-0.1, -0.05) is 25.5 Å². The van der Waals surface area contributed by atoms with E-state index in [0.29, 0.717) is 6.54 Å². The lowest BCUT2D eigenvalue weighted by atomic mass is 10.1. The Bertz CT molecular complexity index is 873. The second-order valence-electron chi connectivity index (χ2n) is 7.80. The van der Waals surface area contributed by atoms with Gasteiger partial charge in [0.25, 0.3) is 0 Å². The maximum absolute atomic E-state index is 6.64. The summed E-state index contributed by atoms with van der Waals surface area (Å²) in [6.07, 6.45) is 12.2. The average Bonchev–Trinajstić information content (AvgIpc) is 3.44. The Hall–Kier alpha value is -2.66. The fourth-order valence-electron chi connectivity index (χ4n) is 3.99. The summed E-state index contributed by atoms with van der Waals surface area (Å²) >= 11 is 0. The quantitative estimate of drug-likeness (QED) is 0.524. The second kappa shape index (κ2) is 9.70. The number of pyridine rings is 1. The molecule has 0 radical (unpaired) electrons. The molecule has 1 aliphatic heterocycles. The van der Waals surface area contributed by atoms with Gasteiger partial charge in [0.2, 0.25) is 0 Å². The van der Waals surface area contributed by atoms with Gasteiger partial charge < -0.3 is 4.74 Å². The van der Waals surface area contributed by atoms with Crippen molar-refractivity contribution in [2.45, 2.75) is 51.8 Å². The Labute approximate surface area is 173 Å². The molecule has 5 nitrogen and oxygen atoms in total. The van der Waals surface area contributed by atoms with Crippen LogP contribution in [0, 0.1) is 0 Å². The molecule has 1 fully saturated rings. The highest BCUT2D eigenvalue weighted by Crippen LogP contribution is 2.30. The fraction of sp³-hybridized carbons (Fsp3) is 0.417. The van der Waals surface area contributed by atoms with Gasteiger partial charge in [0.05, 0.1) is 6.54 Å². The molecular formula is C24H30N4O. The molecule has 0 spiro atoms. The van der Waals surface area contributed by atoms with Crippen molar-refractivity contribution >= 4 is 0 Å². The van der Waals surface area contributed by atoms with Crippen LogP contribution in [0.5, 0.6) is 5.75 Å². The summed E-state index contributed by atoms with van der Waals surface area (Å²) in [6, 6.07) is 12.8. The third-order valence-electron chi connectivity index (χ3n) is 5.53. The Morgan fingerprint density at radius 2 is 1.86 bits per heavy atom. The first-order valence-corrected chi connectivity index (χ1v) is 10.7. The van der Waals surface area contributed by atoms with Crippen LogP contribution in [0.2, 0.25) is 0 Å². The van der Waals surface area contributed by atoms with E-state index in [1.807, 2.05) is 35.5 Å². The Morgan fingerprint density at radius 1 is 1.03 bits per heavy atom. The first-order valence-electron chi connectivity index (χ1n) is 10.7. The Morgan fingerprint density at radius 3 is 2.59 bits per heavy atom. The molecule has 4 rings (SSSR count). The van der Waals surface area contributed by atoms with Crippen molar-refractivity contribution in [3.63, 3.8) is 0 Å². The summed E-state index contributed by atoms with van der Waals surface area (Å²) in [7, 11) is 0. The molecule has 0 bridgehead atoms. The lowest BCUT2D eigenvalue weighted by Gasteiger charge is -2.23. The van der Waals surface area contributed by atoms with Crippen LogP contribution in [0.3, 0.4) is 0 Å². The summed E-state index contributed by atoms with van der Waals surface area (Å²) in [5, 5.41) is 4.38. The fourth-order valence-corrected chi connectivity index (χ4v) is 3.99. The van der Waals surface area contributed by atoms with Crippen molar-refractivity contribution < 1.29 is 4.74 Å². The van der Waals surface area contributed by atoms with Gasteiger partial charge in [-0.05, 0) is 67.7 Å². The van der Waals surface area contributed by atoms with Crippen molar-refractivity contribution in [2.75, 3.05) is 13.1 Å². The smallest absolute Gasteiger partial charge is 0.125 e. The second-order valence-corrected chi connectivity index (χ2v) is 7.80. The topological polar surface area (TPSA) is 43.2 Å². The largest absolute Gasteiger partial charge is 0.485 e. The molecule has 0 aliphatic carbocycles. The van der Waals surface area contributed by atoms with E-state index in [4.69, 9.17) is 4.74 Å². The molecule has 152 valence electrons. The van der Waals surface area contributed by atoms with Gasteiger partial charge >= 0.3 is 0 Å². The monoisotopic (exact) mass is 390 g/mol. The van der Waals surface area contributed by atoms with E-state index in [1.165, 1.54) is 37.1 Å². The number of hydrogen-bond acceptors (Lipinski definition) is 4. The van der Waals surface area contributed by atoms with E-state index < -0.39 is 0 Å². The molecule has 1 unspecified atom stereocenters. The summed E-state index contributed by atoms with van der Waals surface area (Å²) in [4.78, 5) is 6.69. The summed E-state index contributed by atoms with van der Waals surface area (Å²) in [5.74, 6) is 0.965. The molecule has 1 aliphatic rings. The van der Waals surface area contributed by atoms with Gasteiger partial charge in [-0.2, -0.15) is 5.10 Å². The van der Waals surface area contributed by atoms with Gasteiger partial charge in [-0.25, -0.2) is 0 Å². The van der Waals surface area contributed by atoms with Crippen LogP contribution < -0.4 is 4.74 Å². The molecular weight excluding hydrogens is 360 g/mol. The van der Waals surface area contributed by atoms with Crippen LogP contribution in [-0.2, 0) is 13.1 Å². The zero-order chi connectivity index (χ0) is 19.9. The van der Waals surface area contributed by atoms with E-state index in [0.717, 1.165) is 30.7 Å².